The van der Waals surface area contributed by atoms with Crippen LogP contribution >= 0.6 is 0 Å². The maximum absolute atomic E-state index is 11.0. The molecular formula is C18H33NO3S. The Bertz CT molecular complexity index is 512. The van der Waals surface area contributed by atoms with Gasteiger partial charge in [0, 0.05) is 0 Å². The van der Waals surface area contributed by atoms with Gasteiger partial charge in [0.1, 0.15) is 10.1 Å². The van der Waals surface area contributed by atoms with E-state index in [2.05, 4.69) is 13.8 Å². The smallest absolute Gasteiger partial charge is 0.124 e. The van der Waals surface area contributed by atoms with Gasteiger partial charge in [-0.2, -0.15) is 0 Å². The third-order valence-corrected chi connectivity index (χ3v) is 5.05. The van der Waals surface area contributed by atoms with Gasteiger partial charge in [0.05, 0.1) is 4.90 Å². The minimum absolute atomic E-state index is 0. The lowest BCUT2D eigenvalue weighted by Gasteiger charge is -2.18. The first-order chi connectivity index (χ1) is 10.5. The Morgan fingerprint density at radius 3 is 1.91 bits per heavy atom. The van der Waals surface area contributed by atoms with Gasteiger partial charge in [-0.25, -0.2) is 8.42 Å². The van der Waals surface area contributed by atoms with Crippen molar-refractivity contribution < 1.29 is 13.0 Å². The van der Waals surface area contributed by atoms with Crippen LogP contribution in [0.2, 0.25) is 0 Å². The van der Waals surface area contributed by atoms with Crippen LogP contribution in [0.3, 0.4) is 0 Å². The Kier molecular flexibility index (Phi) is 11.1. The van der Waals surface area contributed by atoms with Gasteiger partial charge < -0.3 is 10.7 Å². The summed E-state index contributed by atoms with van der Waals surface area (Å²) in [5.41, 5.74) is 1.16. The summed E-state index contributed by atoms with van der Waals surface area (Å²) in [6.45, 7) is 4.40. The van der Waals surface area contributed by atoms with Gasteiger partial charge in [0.25, 0.3) is 0 Å². The fraction of sp³-hybridized carbons (Fsp3) is 0.667. The van der Waals surface area contributed by atoms with E-state index in [0.29, 0.717) is 5.92 Å². The molecule has 134 valence electrons. The van der Waals surface area contributed by atoms with Gasteiger partial charge in [0.15, 0.2) is 0 Å². The van der Waals surface area contributed by atoms with Crippen LogP contribution in [-0.2, 0) is 10.1 Å². The van der Waals surface area contributed by atoms with Crippen LogP contribution in [0.4, 0.5) is 0 Å². The molecule has 0 saturated carbocycles. The second-order valence-electron chi connectivity index (χ2n) is 6.07. The van der Waals surface area contributed by atoms with Gasteiger partial charge in [0.2, 0.25) is 0 Å². The van der Waals surface area contributed by atoms with Crippen molar-refractivity contribution in [3.8, 4) is 0 Å². The molecule has 0 aromatic heterocycles. The van der Waals surface area contributed by atoms with Gasteiger partial charge in [-0.3, -0.25) is 0 Å². The summed E-state index contributed by atoms with van der Waals surface area (Å²) in [6.07, 6.45) is 11.0. The van der Waals surface area contributed by atoms with Crippen molar-refractivity contribution in [2.45, 2.75) is 82.4 Å². The standard InChI is InChI=1S/C18H30O3S.H3N/c1-3-5-7-8-9-11-16(10-6-4-2)17-12-14-18(15-13-17)22(19,20)21;/h12-16H,3-11H2,1-2H3,(H,19,20,21);1H3. The second kappa shape index (κ2) is 11.6. The van der Waals surface area contributed by atoms with Crippen molar-refractivity contribution in [2.24, 2.45) is 0 Å². The molecule has 0 fully saturated rings. The first kappa shape index (κ1) is 22.1. The predicted octanol–water partition coefficient (Wildman–Crippen LogP) is 5.60. The normalized spacial score (nSPS) is 12.7. The molecule has 0 heterocycles. The van der Waals surface area contributed by atoms with E-state index in [4.69, 9.17) is 0 Å². The highest BCUT2D eigenvalue weighted by atomic mass is 32.2. The van der Waals surface area contributed by atoms with E-state index in [1.54, 1.807) is 0 Å². The van der Waals surface area contributed by atoms with Crippen molar-refractivity contribution in [1.82, 2.24) is 6.15 Å². The number of rotatable bonds is 11. The summed E-state index contributed by atoms with van der Waals surface area (Å²) in [5, 5.41) is 0. The number of hydrogen-bond donors (Lipinski definition) is 1. The molecule has 5 heteroatoms. The fourth-order valence-corrected chi connectivity index (χ4v) is 3.30. The minimum atomic E-state index is -4.34. The van der Waals surface area contributed by atoms with E-state index in [1.165, 1.54) is 57.1 Å². The molecule has 1 atom stereocenters. The molecular weight excluding hydrogens is 310 g/mol. The molecule has 4 nitrogen and oxygen atoms in total. The van der Waals surface area contributed by atoms with E-state index >= 15 is 0 Å². The average molecular weight is 344 g/mol. The van der Waals surface area contributed by atoms with E-state index in [1.807, 2.05) is 12.1 Å². The van der Waals surface area contributed by atoms with Crippen LogP contribution in [0.1, 0.15) is 83.1 Å². The maximum Gasteiger partial charge on any atom is 0.124 e. The molecule has 0 bridgehead atoms. The average Bonchev–Trinajstić information content (AvgIpc) is 2.49. The summed E-state index contributed by atoms with van der Waals surface area (Å²) in [5.74, 6) is 0.477. The van der Waals surface area contributed by atoms with Gasteiger partial charge in [-0.05, 0) is 36.5 Å². The summed E-state index contributed by atoms with van der Waals surface area (Å²) in [4.78, 5) is -0.131. The zero-order chi connectivity index (χ0) is 16.4. The molecule has 0 aliphatic carbocycles. The van der Waals surface area contributed by atoms with Crippen molar-refractivity contribution >= 4 is 10.1 Å². The molecule has 0 amide bonds. The highest BCUT2D eigenvalue weighted by Crippen LogP contribution is 2.29. The SMILES string of the molecule is CCCCCCCC(CCCC)c1ccc(S(=O)(=O)[O-])cc1.[NH4+]. The molecule has 0 saturated heterocycles. The lowest BCUT2D eigenvalue weighted by atomic mass is 9.88. The molecule has 1 unspecified atom stereocenters. The maximum atomic E-state index is 11.0. The predicted molar refractivity (Wildman–Crippen MR) is 96.0 cm³/mol. The fourth-order valence-electron chi connectivity index (χ4n) is 2.83. The topological polar surface area (TPSA) is 93.7 Å². The number of unbranched alkanes of at least 4 members (excludes halogenated alkanes) is 5. The highest BCUT2D eigenvalue weighted by Gasteiger charge is 2.12. The van der Waals surface area contributed by atoms with E-state index < -0.39 is 10.1 Å². The lowest BCUT2D eigenvalue weighted by molar-refractivity contribution is 0.463. The Hall–Kier alpha value is -0.910. The molecule has 0 aliphatic heterocycles. The third kappa shape index (κ3) is 8.49. The second-order valence-corrected chi connectivity index (χ2v) is 7.44. The molecule has 1 aromatic rings. The summed E-state index contributed by atoms with van der Waals surface area (Å²) >= 11 is 0. The summed E-state index contributed by atoms with van der Waals surface area (Å²) < 4.78 is 33.0. The molecule has 0 radical (unpaired) electrons. The van der Waals surface area contributed by atoms with Gasteiger partial charge in [-0.1, -0.05) is 70.9 Å². The Balaban J connectivity index is 0.00000484. The zero-order valence-electron chi connectivity index (χ0n) is 14.9. The first-order valence-corrected chi connectivity index (χ1v) is 9.95. The molecule has 0 aliphatic rings. The van der Waals surface area contributed by atoms with Gasteiger partial charge >= 0.3 is 0 Å². The summed E-state index contributed by atoms with van der Waals surface area (Å²) in [7, 11) is -4.34. The Morgan fingerprint density at radius 2 is 1.39 bits per heavy atom. The minimum Gasteiger partial charge on any atom is -0.744 e. The van der Waals surface area contributed by atoms with E-state index in [9.17, 15) is 13.0 Å². The van der Waals surface area contributed by atoms with E-state index in [0.717, 1.165) is 18.4 Å². The van der Waals surface area contributed by atoms with Crippen molar-refractivity contribution in [2.75, 3.05) is 0 Å². The van der Waals surface area contributed by atoms with Crippen LogP contribution in [0, 0.1) is 0 Å². The number of hydrogen-bond acceptors (Lipinski definition) is 3. The third-order valence-electron chi connectivity index (χ3n) is 4.20. The lowest BCUT2D eigenvalue weighted by Crippen LogP contribution is -2.02. The van der Waals surface area contributed by atoms with E-state index in [-0.39, 0.29) is 11.0 Å². The largest absolute Gasteiger partial charge is 0.744 e. The van der Waals surface area contributed by atoms with Gasteiger partial charge in [-0.15, -0.1) is 0 Å². The Labute approximate surface area is 142 Å². The van der Waals surface area contributed by atoms with Crippen molar-refractivity contribution in [1.29, 1.82) is 0 Å². The molecule has 0 spiro atoms. The van der Waals surface area contributed by atoms with Crippen LogP contribution in [-0.4, -0.2) is 13.0 Å². The zero-order valence-corrected chi connectivity index (χ0v) is 15.7. The quantitative estimate of drug-likeness (QED) is 0.418. The van der Waals surface area contributed by atoms with Crippen LogP contribution in [0.15, 0.2) is 29.2 Å². The summed E-state index contributed by atoms with van der Waals surface area (Å²) in [6, 6.07) is 6.54. The van der Waals surface area contributed by atoms with Crippen molar-refractivity contribution in [3.05, 3.63) is 29.8 Å². The number of benzene rings is 1. The van der Waals surface area contributed by atoms with Crippen LogP contribution in [0.5, 0.6) is 0 Å². The first-order valence-electron chi connectivity index (χ1n) is 8.54. The molecule has 1 rings (SSSR count). The van der Waals surface area contributed by atoms with Crippen molar-refractivity contribution in [3.63, 3.8) is 0 Å². The number of quaternary nitrogens is 1. The van der Waals surface area contributed by atoms with Crippen LogP contribution < -0.4 is 6.15 Å². The van der Waals surface area contributed by atoms with Crippen LogP contribution in [0.25, 0.3) is 0 Å². The molecule has 4 N–H and O–H groups in total. The molecule has 1 aromatic carbocycles. The molecule has 23 heavy (non-hydrogen) atoms. The monoisotopic (exact) mass is 343 g/mol. The highest BCUT2D eigenvalue weighted by molar-refractivity contribution is 7.85. The Morgan fingerprint density at radius 1 is 0.870 bits per heavy atom.